The number of thioether (sulfide) groups is 1. The highest BCUT2D eigenvalue weighted by Gasteiger charge is 2.54. The van der Waals surface area contributed by atoms with Crippen LogP contribution in [0, 0.1) is 37.0 Å². The second kappa shape index (κ2) is 6.43. The second-order valence-electron chi connectivity index (χ2n) is 9.05. The zero-order valence-corrected chi connectivity index (χ0v) is 16.8. The fourth-order valence-electron chi connectivity index (χ4n) is 6.02. The molecule has 1 heterocycles. The molecule has 0 radical (unpaired) electrons. The van der Waals surface area contributed by atoms with Crippen molar-refractivity contribution in [2.24, 2.45) is 23.2 Å². The molecule has 4 bridgehead atoms. The van der Waals surface area contributed by atoms with E-state index in [2.05, 4.69) is 41.5 Å². The molecule has 0 unspecified atom stereocenters. The number of benzene rings is 1. The average molecular weight is 383 g/mol. The molecule has 0 saturated heterocycles. The molecule has 6 heteroatoms. The van der Waals surface area contributed by atoms with Gasteiger partial charge in [-0.25, -0.2) is 0 Å². The largest absolute Gasteiger partial charge is 0.298 e. The minimum Gasteiger partial charge on any atom is -0.298 e. The first-order chi connectivity index (χ1) is 13.0. The number of carbonyl (C=O) groups is 1. The van der Waals surface area contributed by atoms with E-state index in [1.807, 2.05) is 6.07 Å². The maximum absolute atomic E-state index is 13.2. The van der Waals surface area contributed by atoms with Crippen molar-refractivity contribution in [3.63, 3.8) is 0 Å². The molecule has 0 N–H and O–H groups in total. The van der Waals surface area contributed by atoms with Crippen LogP contribution in [0.4, 0.5) is 0 Å². The summed E-state index contributed by atoms with van der Waals surface area (Å²) >= 11 is 1.49. The summed E-state index contributed by atoms with van der Waals surface area (Å²) in [5, 5.41) is 12.9. The van der Waals surface area contributed by atoms with Gasteiger partial charge >= 0.3 is 0 Å². The van der Waals surface area contributed by atoms with E-state index in [1.54, 1.807) is 4.68 Å². The smallest absolute Gasteiger partial charge is 0.214 e. The average Bonchev–Trinajstić information content (AvgIpc) is 3.09. The lowest BCUT2D eigenvalue weighted by Crippen LogP contribution is -2.50. The van der Waals surface area contributed by atoms with Gasteiger partial charge in [-0.3, -0.25) is 4.79 Å². The van der Waals surface area contributed by atoms with Gasteiger partial charge in [0.05, 0.1) is 11.4 Å². The third-order valence-electron chi connectivity index (χ3n) is 7.14. The van der Waals surface area contributed by atoms with Crippen LogP contribution < -0.4 is 0 Å². The fraction of sp³-hybridized carbons (Fsp3) is 0.619. The number of hydrogen-bond donors (Lipinski definition) is 0. The Bertz CT molecular complexity index is 855. The molecule has 142 valence electrons. The summed E-state index contributed by atoms with van der Waals surface area (Å²) in [6.07, 6.45) is 7.47. The molecule has 4 saturated carbocycles. The van der Waals surface area contributed by atoms with Crippen LogP contribution in [0.25, 0.3) is 5.69 Å². The highest BCUT2D eigenvalue weighted by atomic mass is 32.2. The molecule has 0 atom stereocenters. The zero-order chi connectivity index (χ0) is 18.6. The monoisotopic (exact) mass is 382 g/mol. The van der Waals surface area contributed by atoms with E-state index in [0.29, 0.717) is 16.7 Å². The Morgan fingerprint density at radius 1 is 1.11 bits per heavy atom. The Balaban J connectivity index is 1.32. The van der Waals surface area contributed by atoms with Gasteiger partial charge in [0, 0.05) is 5.41 Å². The third-order valence-corrected chi connectivity index (χ3v) is 8.06. The van der Waals surface area contributed by atoms with Crippen molar-refractivity contribution in [1.29, 1.82) is 0 Å². The van der Waals surface area contributed by atoms with Gasteiger partial charge in [-0.05, 0) is 104 Å². The van der Waals surface area contributed by atoms with E-state index in [9.17, 15) is 4.79 Å². The first-order valence-electron chi connectivity index (χ1n) is 10.0. The summed E-state index contributed by atoms with van der Waals surface area (Å²) in [7, 11) is 0. The summed E-state index contributed by atoms with van der Waals surface area (Å²) in [5.74, 6) is 3.31. The molecule has 27 heavy (non-hydrogen) atoms. The van der Waals surface area contributed by atoms with Crippen LogP contribution in [0.1, 0.15) is 49.7 Å². The summed E-state index contributed by atoms with van der Waals surface area (Å²) in [4.78, 5) is 13.2. The topological polar surface area (TPSA) is 60.7 Å². The molecule has 4 aliphatic rings. The van der Waals surface area contributed by atoms with E-state index < -0.39 is 0 Å². The van der Waals surface area contributed by atoms with Crippen molar-refractivity contribution >= 4 is 17.5 Å². The zero-order valence-electron chi connectivity index (χ0n) is 16.0. The summed E-state index contributed by atoms with van der Waals surface area (Å²) in [6.45, 7) is 4.19. The Kier molecular flexibility index (Phi) is 4.15. The van der Waals surface area contributed by atoms with Crippen molar-refractivity contribution in [3.8, 4) is 5.69 Å². The van der Waals surface area contributed by atoms with Crippen LogP contribution in [0.5, 0.6) is 0 Å². The van der Waals surface area contributed by atoms with Gasteiger partial charge in [0.25, 0.3) is 0 Å². The predicted octanol–water partition coefficient (Wildman–Crippen LogP) is 4.16. The number of ketones is 1. The molecular formula is C21H26N4OS. The maximum Gasteiger partial charge on any atom is 0.214 e. The van der Waals surface area contributed by atoms with Gasteiger partial charge in [0.2, 0.25) is 5.16 Å². The predicted molar refractivity (Wildman–Crippen MR) is 105 cm³/mol. The van der Waals surface area contributed by atoms with E-state index in [-0.39, 0.29) is 5.41 Å². The van der Waals surface area contributed by atoms with Crippen molar-refractivity contribution < 1.29 is 4.79 Å². The van der Waals surface area contributed by atoms with Crippen LogP contribution in [-0.2, 0) is 4.79 Å². The van der Waals surface area contributed by atoms with Gasteiger partial charge in [0.1, 0.15) is 5.78 Å². The number of aryl methyl sites for hydroxylation is 2. The summed E-state index contributed by atoms with van der Waals surface area (Å²) in [5.41, 5.74) is 3.37. The summed E-state index contributed by atoms with van der Waals surface area (Å²) < 4.78 is 1.75. The van der Waals surface area contributed by atoms with E-state index in [0.717, 1.165) is 42.7 Å². The lowest BCUT2D eigenvalue weighted by molar-refractivity contribution is -0.141. The Morgan fingerprint density at radius 2 is 1.78 bits per heavy atom. The Hall–Kier alpha value is -1.69. The SMILES string of the molecule is Cc1ccc(-n2nnnc2SCC(=O)C23CC4CC(CC(C4)C2)C3)cc1C. The highest BCUT2D eigenvalue weighted by Crippen LogP contribution is 2.60. The summed E-state index contributed by atoms with van der Waals surface area (Å²) in [6, 6.07) is 6.21. The van der Waals surface area contributed by atoms with E-state index in [4.69, 9.17) is 0 Å². The number of nitrogens with zero attached hydrogens (tertiary/aromatic N) is 4. The third kappa shape index (κ3) is 3.02. The van der Waals surface area contributed by atoms with Gasteiger partial charge in [-0.15, -0.1) is 5.10 Å². The van der Waals surface area contributed by atoms with Crippen LogP contribution in [0.15, 0.2) is 23.4 Å². The van der Waals surface area contributed by atoms with Gasteiger partial charge in [-0.2, -0.15) is 4.68 Å². The second-order valence-corrected chi connectivity index (χ2v) is 9.99. The molecule has 2 aromatic rings. The molecule has 4 aliphatic carbocycles. The molecule has 0 spiro atoms. The maximum atomic E-state index is 13.2. The van der Waals surface area contributed by atoms with Crippen molar-refractivity contribution in [2.45, 2.75) is 57.5 Å². The molecule has 1 aromatic carbocycles. The molecule has 6 rings (SSSR count). The number of hydrogen-bond acceptors (Lipinski definition) is 5. The standard InChI is InChI=1S/C21H26N4OS/c1-13-3-4-18(5-14(13)2)25-20(22-23-24-25)27-12-19(26)21-9-15-6-16(10-21)8-17(7-15)11-21/h3-5,15-17H,6-12H2,1-2H3. The van der Waals surface area contributed by atoms with Gasteiger partial charge < -0.3 is 0 Å². The molecule has 4 fully saturated rings. The van der Waals surface area contributed by atoms with Crippen LogP contribution in [0.3, 0.4) is 0 Å². The lowest BCUT2D eigenvalue weighted by atomic mass is 9.48. The molecular weight excluding hydrogens is 356 g/mol. The normalized spacial score (nSPS) is 31.4. The minimum atomic E-state index is -0.0412. The van der Waals surface area contributed by atoms with Crippen LogP contribution in [0.2, 0.25) is 0 Å². The van der Waals surface area contributed by atoms with E-state index in [1.165, 1.54) is 42.2 Å². The van der Waals surface area contributed by atoms with E-state index >= 15 is 0 Å². The Morgan fingerprint density at radius 3 is 2.41 bits per heavy atom. The van der Waals surface area contributed by atoms with Crippen LogP contribution >= 0.6 is 11.8 Å². The van der Waals surface area contributed by atoms with Crippen molar-refractivity contribution in [3.05, 3.63) is 29.3 Å². The van der Waals surface area contributed by atoms with Crippen LogP contribution in [-0.4, -0.2) is 31.7 Å². The first-order valence-corrected chi connectivity index (χ1v) is 11.0. The fourth-order valence-corrected chi connectivity index (χ4v) is 6.95. The number of tetrazole rings is 1. The van der Waals surface area contributed by atoms with Gasteiger partial charge in [-0.1, -0.05) is 17.8 Å². The van der Waals surface area contributed by atoms with Gasteiger partial charge in [0.15, 0.2) is 0 Å². The highest BCUT2D eigenvalue weighted by molar-refractivity contribution is 7.99. The number of aromatic nitrogens is 4. The molecule has 5 nitrogen and oxygen atoms in total. The number of rotatable bonds is 5. The number of carbonyl (C=O) groups excluding carboxylic acids is 1. The quantitative estimate of drug-likeness (QED) is 0.727. The molecule has 0 aliphatic heterocycles. The Labute approximate surface area is 164 Å². The lowest BCUT2D eigenvalue weighted by Gasteiger charge is -2.56. The van der Waals surface area contributed by atoms with Crippen molar-refractivity contribution in [2.75, 3.05) is 5.75 Å². The minimum absolute atomic E-state index is 0.0412. The number of Topliss-reactive ketones (excluding diaryl/α,β-unsaturated/α-hetero) is 1. The first kappa shape index (κ1) is 17.4. The molecule has 1 aromatic heterocycles. The molecule has 0 amide bonds. The van der Waals surface area contributed by atoms with Crippen molar-refractivity contribution in [1.82, 2.24) is 20.2 Å².